The summed E-state index contributed by atoms with van der Waals surface area (Å²) in [4.78, 5) is 13.6. The van der Waals surface area contributed by atoms with Crippen LogP contribution in [0.1, 0.15) is 10.4 Å². The van der Waals surface area contributed by atoms with Crippen molar-refractivity contribution >= 4 is 11.5 Å². The van der Waals surface area contributed by atoms with E-state index in [-0.39, 0.29) is 11.5 Å². The Morgan fingerprint density at radius 3 is 2.40 bits per heavy atom. The Balaban J connectivity index is 2.84. The molecular weight excluding hydrogens is 192 g/mol. The van der Waals surface area contributed by atoms with Crippen molar-refractivity contribution in [3.8, 4) is 0 Å². The molecule has 0 amide bonds. The van der Waals surface area contributed by atoms with Crippen LogP contribution in [0.3, 0.4) is 0 Å². The maximum atomic E-state index is 11.8. The number of hydrogen-bond acceptors (Lipinski definition) is 4. The highest BCUT2D eigenvalue weighted by Crippen LogP contribution is 2.02. The summed E-state index contributed by atoms with van der Waals surface area (Å²) in [6.07, 6.45) is 0. The van der Waals surface area contributed by atoms with Crippen molar-refractivity contribution in [3.63, 3.8) is 0 Å². The fourth-order valence-electron chi connectivity index (χ4n) is 1.20. The summed E-state index contributed by atoms with van der Waals surface area (Å²) in [6, 6.07) is 8.78. The number of Topliss-reactive ketones (excluding diaryl/α,β-unsaturated/α-hetero) is 1. The van der Waals surface area contributed by atoms with Crippen LogP contribution in [0.25, 0.3) is 0 Å². The first-order valence-electron chi connectivity index (χ1n) is 4.60. The molecule has 0 radical (unpaired) electrons. The molecule has 0 aromatic heterocycles. The highest BCUT2D eigenvalue weighted by molar-refractivity contribution is 6.46. The molecule has 15 heavy (non-hydrogen) atoms. The average Bonchev–Trinajstić information content (AvgIpc) is 2.26. The Hall–Kier alpha value is -1.68. The molecule has 0 heterocycles. The van der Waals surface area contributed by atoms with E-state index in [0.29, 0.717) is 12.1 Å². The topological polar surface area (TPSA) is 52.9 Å². The van der Waals surface area contributed by atoms with Gasteiger partial charge in [-0.2, -0.15) is 0 Å². The molecule has 0 bridgehead atoms. The van der Waals surface area contributed by atoms with Gasteiger partial charge in [0.05, 0.1) is 0 Å². The summed E-state index contributed by atoms with van der Waals surface area (Å²) in [5, 5.41) is 11.8. The molecule has 0 fully saturated rings. The Labute approximate surface area is 88.8 Å². The monoisotopic (exact) mass is 206 g/mol. The average molecular weight is 206 g/mol. The lowest BCUT2D eigenvalue weighted by molar-refractivity contribution is 0.105. The first-order chi connectivity index (χ1) is 7.15. The number of hydrogen-bond donors (Lipinski definition) is 1. The molecule has 0 aliphatic carbocycles. The van der Waals surface area contributed by atoms with E-state index in [0.717, 1.165) is 0 Å². The maximum Gasteiger partial charge on any atom is 0.211 e. The number of carbonyl (C=O) groups is 1. The number of oxime groups is 1. The van der Waals surface area contributed by atoms with Crippen LogP contribution in [0, 0.1) is 0 Å². The van der Waals surface area contributed by atoms with Gasteiger partial charge in [0, 0.05) is 12.1 Å². The molecule has 1 rings (SSSR count). The lowest BCUT2D eigenvalue weighted by Gasteiger charge is -2.09. The van der Waals surface area contributed by atoms with Crippen LogP contribution in [0.4, 0.5) is 0 Å². The molecular formula is C11H14N2O2. The van der Waals surface area contributed by atoms with Crippen LogP contribution >= 0.6 is 0 Å². The van der Waals surface area contributed by atoms with Gasteiger partial charge in [-0.05, 0) is 14.1 Å². The molecule has 0 saturated heterocycles. The van der Waals surface area contributed by atoms with Crippen LogP contribution in [0.5, 0.6) is 0 Å². The molecule has 1 aromatic rings. The molecule has 1 aromatic carbocycles. The smallest absolute Gasteiger partial charge is 0.211 e. The molecule has 0 aliphatic rings. The molecule has 4 heteroatoms. The fraction of sp³-hybridized carbons (Fsp3) is 0.273. The maximum absolute atomic E-state index is 11.8. The summed E-state index contributed by atoms with van der Waals surface area (Å²) in [5.74, 6) is -0.244. The Kier molecular flexibility index (Phi) is 4.00. The SMILES string of the molecule is CN(C)C/C(=N\O)C(=O)c1ccccc1. The van der Waals surface area contributed by atoms with Gasteiger partial charge in [0.15, 0.2) is 0 Å². The number of carbonyl (C=O) groups excluding carboxylic acids is 1. The van der Waals surface area contributed by atoms with E-state index >= 15 is 0 Å². The van der Waals surface area contributed by atoms with Crippen molar-refractivity contribution < 1.29 is 10.0 Å². The van der Waals surface area contributed by atoms with Crippen LogP contribution in [0.2, 0.25) is 0 Å². The number of nitrogens with zero attached hydrogens (tertiary/aromatic N) is 2. The summed E-state index contributed by atoms with van der Waals surface area (Å²) in [7, 11) is 3.62. The number of rotatable bonds is 4. The van der Waals surface area contributed by atoms with Gasteiger partial charge in [-0.1, -0.05) is 35.5 Å². The molecule has 4 nitrogen and oxygen atoms in total. The van der Waals surface area contributed by atoms with Gasteiger partial charge in [-0.3, -0.25) is 4.79 Å². The minimum absolute atomic E-state index is 0.145. The number of ketones is 1. The van der Waals surface area contributed by atoms with Gasteiger partial charge in [0.25, 0.3) is 0 Å². The van der Waals surface area contributed by atoms with Crippen molar-refractivity contribution in [2.75, 3.05) is 20.6 Å². The van der Waals surface area contributed by atoms with Crippen molar-refractivity contribution in [2.24, 2.45) is 5.16 Å². The first-order valence-corrected chi connectivity index (χ1v) is 4.60. The van der Waals surface area contributed by atoms with Gasteiger partial charge >= 0.3 is 0 Å². The Morgan fingerprint density at radius 2 is 1.93 bits per heavy atom. The summed E-state index contributed by atoms with van der Waals surface area (Å²) >= 11 is 0. The zero-order chi connectivity index (χ0) is 11.3. The van der Waals surface area contributed by atoms with Crippen molar-refractivity contribution in [2.45, 2.75) is 0 Å². The highest BCUT2D eigenvalue weighted by atomic mass is 16.4. The van der Waals surface area contributed by atoms with E-state index in [2.05, 4.69) is 5.16 Å². The van der Waals surface area contributed by atoms with Gasteiger partial charge in [0.2, 0.25) is 5.78 Å². The van der Waals surface area contributed by atoms with Crippen LogP contribution < -0.4 is 0 Å². The van der Waals surface area contributed by atoms with Gasteiger partial charge in [-0.15, -0.1) is 0 Å². The van der Waals surface area contributed by atoms with E-state index in [9.17, 15) is 4.79 Å². The van der Waals surface area contributed by atoms with Crippen molar-refractivity contribution in [1.82, 2.24) is 4.90 Å². The van der Waals surface area contributed by atoms with E-state index in [1.807, 2.05) is 20.2 Å². The summed E-state index contributed by atoms with van der Waals surface area (Å²) in [6.45, 7) is 0.324. The van der Waals surface area contributed by atoms with Crippen LogP contribution in [-0.4, -0.2) is 42.2 Å². The molecule has 0 saturated carbocycles. The standard InChI is InChI=1S/C11H14N2O2/c1-13(2)8-10(12-15)11(14)9-6-4-3-5-7-9/h3-7,15H,8H2,1-2H3/b12-10+. The molecule has 0 spiro atoms. The van der Waals surface area contributed by atoms with Gasteiger partial charge in [0.1, 0.15) is 5.71 Å². The third-order valence-electron chi connectivity index (χ3n) is 1.88. The van der Waals surface area contributed by atoms with Crippen LogP contribution in [-0.2, 0) is 0 Å². The second-order valence-corrected chi connectivity index (χ2v) is 3.48. The Bertz CT molecular complexity index is 358. The minimum atomic E-state index is -0.244. The second-order valence-electron chi connectivity index (χ2n) is 3.48. The Morgan fingerprint density at radius 1 is 1.33 bits per heavy atom. The van der Waals surface area contributed by atoms with Gasteiger partial charge < -0.3 is 10.1 Å². The summed E-state index contributed by atoms with van der Waals surface area (Å²) in [5.41, 5.74) is 0.679. The predicted octanol–water partition coefficient (Wildman–Crippen LogP) is 1.26. The van der Waals surface area contributed by atoms with E-state index in [4.69, 9.17) is 5.21 Å². The minimum Gasteiger partial charge on any atom is -0.410 e. The highest BCUT2D eigenvalue weighted by Gasteiger charge is 2.14. The third kappa shape index (κ3) is 3.18. The largest absolute Gasteiger partial charge is 0.410 e. The zero-order valence-corrected chi connectivity index (χ0v) is 8.84. The lowest BCUT2D eigenvalue weighted by Crippen LogP contribution is -2.28. The lowest BCUT2D eigenvalue weighted by atomic mass is 10.1. The van der Waals surface area contributed by atoms with E-state index in [1.165, 1.54) is 0 Å². The predicted molar refractivity (Wildman–Crippen MR) is 58.5 cm³/mol. The molecule has 0 atom stereocenters. The van der Waals surface area contributed by atoms with Crippen LogP contribution in [0.15, 0.2) is 35.5 Å². The third-order valence-corrected chi connectivity index (χ3v) is 1.88. The van der Waals surface area contributed by atoms with Crippen molar-refractivity contribution in [1.29, 1.82) is 0 Å². The molecule has 0 unspecified atom stereocenters. The zero-order valence-electron chi connectivity index (χ0n) is 8.84. The molecule has 1 N–H and O–H groups in total. The first kappa shape index (κ1) is 11.4. The van der Waals surface area contributed by atoms with E-state index in [1.54, 1.807) is 29.2 Å². The van der Waals surface area contributed by atoms with Gasteiger partial charge in [-0.25, -0.2) is 0 Å². The summed E-state index contributed by atoms with van der Waals surface area (Å²) < 4.78 is 0. The van der Waals surface area contributed by atoms with Crippen molar-refractivity contribution in [3.05, 3.63) is 35.9 Å². The fourth-order valence-corrected chi connectivity index (χ4v) is 1.20. The second kappa shape index (κ2) is 5.26. The van der Waals surface area contributed by atoms with E-state index < -0.39 is 0 Å². The quantitative estimate of drug-likeness (QED) is 0.349. The molecule has 0 aliphatic heterocycles. The normalized spacial score (nSPS) is 11.8. The number of benzene rings is 1. The molecule has 80 valence electrons.